The van der Waals surface area contributed by atoms with Crippen molar-refractivity contribution in [3.63, 3.8) is 0 Å². The molecule has 340 valence electrons. The van der Waals surface area contributed by atoms with Gasteiger partial charge in [-0.1, -0.05) is 160 Å². The summed E-state index contributed by atoms with van der Waals surface area (Å²) in [4.78, 5) is 28.7. The standard InChI is InChI=1S/C54H82O7/c1-19-20-21-22-23-24-25-54(18,32-37-28-42(52(12,13)14)48(59)43(29-37)53(15,16)17)49(60-44(55)30-38-33(2)26-40(50(6,7)8)46(57)35(38)4)61-45(56)31-39-34(3)27-41(51(9,10)11)47(58)36(39)5/h26-29,49,57-59H,19-25,30-32H2,1-18H3. The first-order chi connectivity index (χ1) is 27.8. The van der Waals surface area contributed by atoms with Crippen molar-refractivity contribution < 1.29 is 34.4 Å². The maximum Gasteiger partial charge on any atom is 0.313 e. The van der Waals surface area contributed by atoms with Crippen molar-refractivity contribution in [2.45, 2.75) is 217 Å². The molecule has 0 radical (unpaired) electrons. The van der Waals surface area contributed by atoms with Gasteiger partial charge >= 0.3 is 11.9 Å². The number of carbonyl (C=O) groups is 2. The molecular weight excluding hydrogens is 761 g/mol. The van der Waals surface area contributed by atoms with Crippen molar-refractivity contribution in [3.05, 3.63) is 85.5 Å². The predicted octanol–water partition coefficient (Wildman–Crippen LogP) is 13.4. The van der Waals surface area contributed by atoms with Gasteiger partial charge in [-0.05, 0) is 123 Å². The number of hydrogen-bond acceptors (Lipinski definition) is 7. The van der Waals surface area contributed by atoms with Crippen LogP contribution in [0, 0.1) is 33.1 Å². The monoisotopic (exact) mass is 843 g/mol. The third-order valence-corrected chi connectivity index (χ3v) is 12.6. The first-order valence-electron chi connectivity index (χ1n) is 22.7. The number of carbonyl (C=O) groups excluding carboxylic acids is 2. The zero-order valence-electron chi connectivity index (χ0n) is 41.4. The fraction of sp³-hybridized carbons (Fsp3) is 0.630. The highest BCUT2D eigenvalue weighted by Crippen LogP contribution is 2.44. The van der Waals surface area contributed by atoms with Gasteiger partial charge in [0.25, 0.3) is 6.29 Å². The summed E-state index contributed by atoms with van der Waals surface area (Å²) in [7, 11) is 0. The lowest BCUT2D eigenvalue weighted by Gasteiger charge is -2.37. The van der Waals surface area contributed by atoms with E-state index in [1.54, 1.807) is 0 Å². The molecule has 7 heteroatoms. The summed E-state index contributed by atoms with van der Waals surface area (Å²) >= 11 is 0. The first kappa shape index (κ1) is 51.4. The molecule has 0 aliphatic heterocycles. The molecule has 3 rings (SSSR count). The van der Waals surface area contributed by atoms with Gasteiger partial charge in [0.2, 0.25) is 0 Å². The van der Waals surface area contributed by atoms with Crippen LogP contribution in [0.1, 0.15) is 203 Å². The van der Waals surface area contributed by atoms with Crippen LogP contribution in [-0.2, 0) is 60.0 Å². The average Bonchev–Trinajstić information content (AvgIpc) is 3.11. The van der Waals surface area contributed by atoms with Gasteiger partial charge < -0.3 is 24.8 Å². The van der Waals surface area contributed by atoms with E-state index >= 15 is 0 Å². The lowest BCUT2D eigenvalue weighted by molar-refractivity contribution is -0.212. The van der Waals surface area contributed by atoms with Crippen LogP contribution in [0.5, 0.6) is 17.2 Å². The van der Waals surface area contributed by atoms with Crippen LogP contribution in [0.15, 0.2) is 24.3 Å². The van der Waals surface area contributed by atoms with Crippen molar-refractivity contribution in [3.8, 4) is 17.2 Å². The Balaban J connectivity index is 2.22. The topological polar surface area (TPSA) is 113 Å². The Morgan fingerprint density at radius 1 is 0.525 bits per heavy atom. The maximum absolute atomic E-state index is 14.3. The minimum Gasteiger partial charge on any atom is -0.507 e. The fourth-order valence-corrected chi connectivity index (χ4v) is 8.64. The van der Waals surface area contributed by atoms with E-state index < -0.39 is 23.6 Å². The van der Waals surface area contributed by atoms with E-state index in [0.29, 0.717) is 35.1 Å². The number of unbranched alkanes of at least 4 members (excludes halogenated alkanes) is 5. The van der Waals surface area contributed by atoms with Gasteiger partial charge in [-0.15, -0.1) is 0 Å². The number of aryl methyl sites for hydroxylation is 2. The quantitative estimate of drug-likeness (QED) is 0.0747. The first-order valence-corrected chi connectivity index (χ1v) is 22.7. The number of rotatable bonds is 16. The Kier molecular flexibility index (Phi) is 16.5. The third-order valence-electron chi connectivity index (χ3n) is 12.6. The summed E-state index contributed by atoms with van der Waals surface area (Å²) in [6, 6.07) is 8.01. The lowest BCUT2D eigenvalue weighted by atomic mass is 9.74. The molecule has 0 fully saturated rings. The molecule has 3 N–H and O–H groups in total. The summed E-state index contributed by atoms with van der Waals surface area (Å²) in [5.41, 5.74) is 6.41. The number of hydrogen-bond donors (Lipinski definition) is 3. The fourth-order valence-electron chi connectivity index (χ4n) is 8.64. The molecule has 0 saturated heterocycles. The highest BCUT2D eigenvalue weighted by atomic mass is 16.7. The smallest absolute Gasteiger partial charge is 0.313 e. The van der Waals surface area contributed by atoms with Gasteiger partial charge in [-0.2, -0.15) is 0 Å². The molecule has 7 nitrogen and oxygen atoms in total. The number of aromatic hydroxyl groups is 3. The second-order valence-electron chi connectivity index (χ2n) is 22.4. The second kappa shape index (κ2) is 19.6. The zero-order valence-corrected chi connectivity index (χ0v) is 41.4. The molecule has 0 aliphatic carbocycles. The van der Waals surface area contributed by atoms with E-state index in [9.17, 15) is 24.9 Å². The van der Waals surface area contributed by atoms with Crippen LogP contribution in [0.4, 0.5) is 0 Å². The second-order valence-corrected chi connectivity index (χ2v) is 22.4. The van der Waals surface area contributed by atoms with Gasteiger partial charge in [0.1, 0.15) is 17.2 Å². The van der Waals surface area contributed by atoms with Crippen LogP contribution in [0.25, 0.3) is 0 Å². The highest BCUT2D eigenvalue weighted by Gasteiger charge is 2.42. The van der Waals surface area contributed by atoms with Crippen LogP contribution >= 0.6 is 0 Å². The summed E-state index contributed by atoms with van der Waals surface area (Å²) in [6.45, 7) is 36.6. The highest BCUT2D eigenvalue weighted by molar-refractivity contribution is 5.77. The Hall–Kier alpha value is -4.00. The molecule has 0 aromatic heterocycles. The molecule has 1 unspecified atom stereocenters. The van der Waals surface area contributed by atoms with Gasteiger partial charge in [0.05, 0.1) is 12.8 Å². The molecule has 0 spiro atoms. The largest absolute Gasteiger partial charge is 0.507 e. The minimum atomic E-state index is -1.26. The lowest BCUT2D eigenvalue weighted by Crippen LogP contribution is -2.42. The molecule has 61 heavy (non-hydrogen) atoms. The van der Waals surface area contributed by atoms with Gasteiger partial charge in [-0.25, -0.2) is 0 Å². The summed E-state index contributed by atoms with van der Waals surface area (Å²) in [5.74, 6) is -0.498. The summed E-state index contributed by atoms with van der Waals surface area (Å²) in [6.07, 6.45) is 5.89. The Labute approximate surface area is 370 Å². The van der Waals surface area contributed by atoms with E-state index in [4.69, 9.17) is 9.47 Å². The molecule has 3 aromatic carbocycles. The van der Waals surface area contributed by atoms with E-state index in [1.165, 1.54) is 6.42 Å². The van der Waals surface area contributed by atoms with E-state index in [0.717, 1.165) is 71.0 Å². The number of ether oxygens (including phenoxy) is 2. The SMILES string of the molecule is CCCCCCCCC(C)(Cc1cc(C(C)(C)C)c(O)c(C(C)(C)C)c1)C(OC(=O)Cc1c(C)cc(C(C)(C)C)c(O)c1C)OC(=O)Cc1c(C)cc(C(C)(C)C)c(O)c1C. The van der Waals surface area contributed by atoms with Crippen molar-refractivity contribution in [2.24, 2.45) is 5.41 Å². The number of benzene rings is 3. The minimum absolute atomic E-state index is 0.112. The van der Waals surface area contributed by atoms with Crippen molar-refractivity contribution in [2.75, 3.05) is 0 Å². The molecule has 0 saturated carbocycles. The van der Waals surface area contributed by atoms with Crippen LogP contribution < -0.4 is 0 Å². The molecule has 0 aliphatic rings. The van der Waals surface area contributed by atoms with Gasteiger partial charge in [0, 0.05) is 5.41 Å². The average molecular weight is 843 g/mol. The summed E-state index contributed by atoms with van der Waals surface area (Å²) in [5, 5.41) is 34.2. The van der Waals surface area contributed by atoms with E-state index in [2.05, 4.69) is 60.6 Å². The number of esters is 2. The number of phenolic OH excluding ortho intramolecular Hbond substituents is 3. The predicted molar refractivity (Wildman–Crippen MR) is 251 cm³/mol. The Morgan fingerprint density at radius 2 is 0.869 bits per heavy atom. The molecule has 0 bridgehead atoms. The molecule has 0 amide bonds. The zero-order chi connectivity index (χ0) is 46.6. The van der Waals surface area contributed by atoms with E-state index in [-0.39, 0.29) is 51.8 Å². The van der Waals surface area contributed by atoms with Gasteiger partial charge in [0.15, 0.2) is 0 Å². The third kappa shape index (κ3) is 13.0. The maximum atomic E-state index is 14.3. The molecule has 0 heterocycles. The van der Waals surface area contributed by atoms with E-state index in [1.807, 2.05) is 88.3 Å². The van der Waals surface area contributed by atoms with Crippen LogP contribution in [0.2, 0.25) is 0 Å². The molecular formula is C54H82O7. The van der Waals surface area contributed by atoms with Crippen molar-refractivity contribution in [1.29, 1.82) is 0 Å². The Bertz CT molecular complexity index is 1900. The molecule has 3 aromatic rings. The summed E-state index contributed by atoms with van der Waals surface area (Å²) < 4.78 is 12.9. The van der Waals surface area contributed by atoms with Crippen LogP contribution in [0.3, 0.4) is 0 Å². The van der Waals surface area contributed by atoms with Crippen molar-refractivity contribution in [1.82, 2.24) is 0 Å². The van der Waals surface area contributed by atoms with Gasteiger partial charge in [-0.3, -0.25) is 9.59 Å². The van der Waals surface area contributed by atoms with Crippen LogP contribution in [-0.4, -0.2) is 33.5 Å². The Morgan fingerprint density at radius 3 is 1.23 bits per heavy atom. The van der Waals surface area contributed by atoms with Crippen molar-refractivity contribution >= 4 is 11.9 Å². The molecule has 1 atom stereocenters. The number of phenols is 3. The normalized spacial score (nSPS) is 13.7.